The molecule has 0 unspecified atom stereocenters. The number of rotatable bonds is 5. The van der Waals surface area contributed by atoms with Crippen molar-refractivity contribution in [3.8, 4) is 0 Å². The number of aliphatic hydroxyl groups excluding tert-OH is 1. The van der Waals surface area contributed by atoms with Crippen LogP contribution in [0.1, 0.15) is 35.4 Å². The number of hydrogen-bond donors (Lipinski definition) is 2. The smallest absolute Gasteiger partial charge is 0.126 e. The predicted molar refractivity (Wildman–Crippen MR) is 81.4 cm³/mol. The van der Waals surface area contributed by atoms with Gasteiger partial charge in [-0.25, -0.2) is 4.39 Å². The lowest BCUT2D eigenvalue weighted by atomic mass is 9.75. The molecule has 1 aliphatic carbocycles. The summed E-state index contributed by atoms with van der Waals surface area (Å²) in [5.41, 5.74) is 2.96. The maximum absolute atomic E-state index is 13.7. The molecule has 0 aromatic heterocycles. The van der Waals surface area contributed by atoms with Crippen molar-refractivity contribution in [3.63, 3.8) is 0 Å². The molecule has 0 atom stereocenters. The Labute approximate surface area is 124 Å². The topological polar surface area (TPSA) is 32.3 Å². The fraction of sp³-hybridized carbons (Fsp3) is 0.333. The second kappa shape index (κ2) is 6.37. The van der Waals surface area contributed by atoms with Gasteiger partial charge in [-0.05, 0) is 41.5 Å². The van der Waals surface area contributed by atoms with Crippen molar-refractivity contribution in [1.29, 1.82) is 0 Å². The Morgan fingerprint density at radius 2 is 1.81 bits per heavy atom. The highest BCUT2D eigenvalue weighted by atomic mass is 19.1. The van der Waals surface area contributed by atoms with E-state index < -0.39 is 0 Å². The molecule has 1 aliphatic rings. The second-order valence-corrected chi connectivity index (χ2v) is 5.75. The molecule has 3 rings (SSSR count). The summed E-state index contributed by atoms with van der Waals surface area (Å²) in [7, 11) is 0. The van der Waals surface area contributed by atoms with Crippen molar-refractivity contribution in [3.05, 3.63) is 71.0 Å². The van der Waals surface area contributed by atoms with Gasteiger partial charge >= 0.3 is 0 Å². The maximum atomic E-state index is 13.7. The zero-order valence-electron chi connectivity index (χ0n) is 11.9. The first kappa shape index (κ1) is 14.2. The highest BCUT2D eigenvalue weighted by molar-refractivity contribution is 5.25. The molecule has 110 valence electrons. The van der Waals surface area contributed by atoms with Gasteiger partial charge in [-0.2, -0.15) is 0 Å². The SMILES string of the molecule is OCc1cccc(CNC2CC(c3ccccc3F)C2)c1. The number of aliphatic hydroxyl groups is 1. The van der Waals surface area contributed by atoms with E-state index in [1.807, 2.05) is 30.3 Å². The number of nitrogens with one attached hydrogen (secondary N) is 1. The summed E-state index contributed by atoms with van der Waals surface area (Å²) < 4.78 is 13.7. The van der Waals surface area contributed by atoms with Gasteiger partial charge in [0.2, 0.25) is 0 Å². The van der Waals surface area contributed by atoms with Gasteiger partial charge in [0.1, 0.15) is 5.82 Å². The van der Waals surface area contributed by atoms with E-state index >= 15 is 0 Å². The van der Waals surface area contributed by atoms with E-state index in [0.29, 0.717) is 12.0 Å². The molecule has 2 N–H and O–H groups in total. The molecular weight excluding hydrogens is 265 g/mol. The van der Waals surface area contributed by atoms with E-state index in [4.69, 9.17) is 5.11 Å². The van der Waals surface area contributed by atoms with Crippen molar-refractivity contribution >= 4 is 0 Å². The first-order valence-electron chi connectivity index (χ1n) is 7.42. The highest BCUT2D eigenvalue weighted by Gasteiger charge is 2.31. The van der Waals surface area contributed by atoms with Crippen molar-refractivity contribution in [2.45, 2.75) is 38.0 Å². The van der Waals surface area contributed by atoms with Gasteiger partial charge < -0.3 is 10.4 Å². The van der Waals surface area contributed by atoms with Crippen LogP contribution in [0.2, 0.25) is 0 Å². The van der Waals surface area contributed by atoms with Crippen LogP contribution in [0.5, 0.6) is 0 Å². The van der Waals surface area contributed by atoms with Crippen LogP contribution in [0.3, 0.4) is 0 Å². The predicted octanol–water partition coefficient (Wildman–Crippen LogP) is 3.35. The lowest BCUT2D eigenvalue weighted by Crippen LogP contribution is -2.39. The van der Waals surface area contributed by atoms with Crippen molar-refractivity contribution in [2.24, 2.45) is 0 Å². The summed E-state index contributed by atoms with van der Waals surface area (Å²) in [5, 5.41) is 12.6. The summed E-state index contributed by atoms with van der Waals surface area (Å²) >= 11 is 0. The molecule has 0 bridgehead atoms. The van der Waals surface area contributed by atoms with E-state index in [2.05, 4.69) is 11.4 Å². The molecule has 0 spiro atoms. The quantitative estimate of drug-likeness (QED) is 0.883. The van der Waals surface area contributed by atoms with Crippen LogP contribution in [0.15, 0.2) is 48.5 Å². The summed E-state index contributed by atoms with van der Waals surface area (Å²) in [4.78, 5) is 0. The first-order valence-corrected chi connectivity index (χ1v) is 7.42. The Kier molecular flexibility index (Phi) is 4.32. The Morgan fingerprint density at radius 1 is 1.05 bits per heavy atom. The van der Waals surface area contributed by atoms with Crippen molar-refractivity contribution in [2.75, 3.05) is 0 Å². The van der Waals surface area contributed by atoms with E-state index in [1.165, 1.54) is 11.6 Å². The molecule has 2 aromatic rings. The molecule has 1 saturated carbocycles. The molecule has 2 nitrogen and oxygen atoms in total. The fourth-order valence-corrected chi connectivity index (χ4v) is 2.94. The summed E-state index contributed by atoms with van der Waals surface area (Å²) in [6.45, 7) is 0.870. The summed E-state index contributed by atoms with van der Waals surface area (Å²) in [5.74, 6) is 0.254. The standard InChI is InChI=1S/C18H20FNO/c19-18-7-2-1-6-17(18)15-9-16(10-15)20-11-13-4-3-5-14(8-13)12-21/h1-8,15-16,20-21H,9-12H2. The van der Waals surface area contributed by atoms with E-state index in [9.17, 15) is 4.39 Å². The van der Waals surface area contributed by atoms with Crippen LogP contribution < -0.4 is 5.32 Å². The molecule has 0 radical (unpaired) electrons. The summed E-state index contributed by atoms with van der Waals surface area (Å²) in [6, 6.07) is 15.5. The summed E-state index contributed by atoms with van der Waals surface area (Å²) in [6.07, 6.45) is 1.97. The van der Waals surface area contributed by atoms with Gasteiger partial charge in [-0.3, -0.25) is 0 Å². The Bertz CT molecular complexity index is 608. The molecule has 3 heteroatoms. The third-order valence-electron chi connectivity index (χ3n) is 4.25. The lowest BCUT2D eigenvalue weighted by molar-refractivity contribution is 0.280. The van der Waals surface area contributed by atoms with E-state index in [0.717, 1.165) is 30.5 Å². The fourth-order valence-electron chi connectivity index (χ4n) is 2.94. The molecule has 2 aromatic carbocycles. The number of hydrogen-bond acceptors (Lipinski definition) is 2. The number of halogens is 1. The zero-order valence-corrected chi connectivity index (χ0v) is 11.9. The molecule has 21 heavy (non-hydrogen) atoms. The molecule has 0 saturated heterocycles. The average Bonchev–Trinajstić information content (AvgIpc) is 2.47. The maximum Gasteiger partial charge on any atom is 0.126 e. The van der Waals surface area contributed by atoms with Crippen LogP contribution in [-0.2, 0) is 13.2 Å². The second-order valence-electron chi connectivity index (χ2n) is 5.75. The van der Waals surface area contributed by atoms with E-state index in [1.54, 1.807) is 6.07 Å². The number of benzene rings is 2. The minimum Gasteiger partial charge on any atom is -0.392 e. The Balaban J connectivity index is 1.50. The molecule has 0 aliphatic heterocycles. The molecule has 0 heterocycles. The molecule has 1 fully saturated rings. The van der Waals surface area contributed by atoms with Gasteiger partial charge in [-0.1, -0.05) is 42.5 Å². The molecule has 0 amide bonds. The normalized spacial score (nSPS) is 21.0. The third-order valence-corrected chi connectivity index (χ3v) is 4.25. The van der Waals surface area contributed by atoms with Crippen LogP contribution >= 0.6 is 0 Å². The molecular formula is C18H20FNO. The van der Waals surface area contributed by atoms with Gasteiger partial charge in [0.15, 0.2) is 0 Å². The van der Waals surface area contributed by atoms with Crippen LogP contribution in [-0.4, -0.2) is 11.1 Å². The minimum absolute atomic E-state index is 0.0760. The van der Waals surface area contributed by atoms with Crippen molar-refractivity contribution < 1.29 is 9.50 Å². The first-order chi connectivity index (χ1) is 10.3. The van der Waals surface area contributed by atoms with Gasteiger partial charge in [-0.15, -0.1) is 0 Å². The van der Waals surface area contributed by atoms with Crippen LogP contribution in [0, 0.1) is 5.82 Å². The minimum atomic E-state index is -0.0865. The zero-order chi connectivity index (χ0) is 14.7. The van der Waals surface area contributed by atoms with Crippen LogP contribution in [0.4, 0.5) is 4.39 Å². The lowest BCUT2D eigenvalue weighted by Gasteiger charge is -2.36. The van der Waals surface area contributed by atoms with Crippen molar-refractivity contribution in [1.82, 2.24) is 5.32 Å². The van der Waals surface area contributed by atoms with Gasteiger partial charge in [0.05, 0.1) is 6.61 Å². The average molecular weight is 285 g/mol. The Morgan fingerprint density at radius 3 is 2.57 bits per heavy atom. The van der Waals surface area contributed by atoms with E-state index in [-0.39, 0.29) is 12.4 Å². The highest BCUT2D eigenvalue weighted by Crippen LogP contribution is 2.38. The van der Waals surface area contributed by atoms with Gasteiger partial charge in [0, 0.05) is 12.6 Å². The largest absolute Gasteiger partial charge is 0.392 e. The third kappa shape index (κ3) is 3.31. The van der Waals surface area contributed by atoms with Gasteiger partial charge in [0.25, 0.3) is 0 Å². The van der Waals surface area contributed by atoms with Crippen LogP contribution in [0.25, 0.3) is 0 Å². The monoisotopic (exact) mass is 285 g/mol. The Hall–Kier alpha value is -1.71.